The molecule has 0 saturated carbocycles. The van der Waals surface area contributed by atoms with E-state index in [-0.39, 0.29) is 5.91 Å². The molecule has 0 N–H and O–H groups in total. The Labute approximate surface area is 156 Å². The number of amides is 1. The molecule has 0 spiro atoms. The van der Waals surface area contributed by atoms with Gasteiger partial charge in [0.05, 0.1) is 31.2 Å². The molecule has 2 aromatic heterocycles. The summed E-state index contributed by atoms with van der Waals surface area (Å²) in [4.78, 5) is 22.3. The highest BCUT2D eigenvalue weighted by Gasteiger charge is 2.17. The molecule has 0 aliphatic heterocycles. The first kappa shape index (κ1) is 16.8. The van der Waals surface area contributed by atoms with Gasteiger partial charge in [0, 0.05) is 19.4 Å². The summed E-state index contributed by atoms with van der Waals surface area (Å²) in [6, 6.07) is 14.4. The van der Waals surface area contributed by atoms with Gasteiger partial charge in [0.25, 0.3) is 5.91 Å². The van der Waals surface area contributed by atoms with Gasteiger partial charge in [0.2, 0.25) is 0 Å². The maximum atomic E-state index is 12.6. The van der Waals surface area contributed by atoms with Crippen molar-refractivity contribution in [1.29, 1.82) is 0 Å². The predicted octanol–water partition coefficient (Wildman–Crippen LogP) is 2.54. The number of carbonyl (C=O) groups is 1. The van der Waals surface area contributed by atoms with Crippen LogP contribution >= 0.6 is 0 Å². The van der Waals surface area contributed by atoms with Crippen molar-refractivity contribution in [3.63, 3.8) is 0 Å². The van der Waals surface area contributed by atoms with E-state index in [1.165, 1.54) is 10.8 Å². The zero-order chi connectivity index (χ0) is 18.6. The summed E-state index contributed by atoms with van der Waals surface area (Å²) < 4.78 is 1.69. The number of carbonyl (C=O) groups excluding carboxylic acids is 1. The molecule has 0 saturated heterocycles. The van der Waals surface area contributed by atoms with Crippen LogP contribution in [0.25, 0.3) is 10.8 Å². The number of hydrogen-bond acceptors (Lipinski definition) is 5. The van der Waals surface area contributed by atoms with Gasteiger partial charge in [-0.2, -0.15) is 0 Å². The summed E-state index contributed by atoms with van der Waals surface area (Å²) in [5.74, 6) is -0.204. The van der Waals surface area contributed by atoms with Crippen molar-refractivity contribution in [1.82, 2.24) is 29.9 Å². The smallest absolute Gasteiger partial charge is 0.276 e. The van der Waals surface area contributed by atoms with Crippen LogP contribution in [0.5, 0.6) is 0 Å². The maximum absolute atomic E-state index is 12.6. The highest BCUT2D eigenvalue weighted by molar-refractivity contribution is 5.91. The summed E-state index contributed by atoms with van der Waals surface area (Å²) in [7, 11) is 1.71. The number of hydrogen-bond donors (Lipinski definition) is 0. The van der Waals surface area contributed by atoms with Crippen LogP contribution in [0.15, 0.2) is 67.3 Å². The SMILES string of the molecule is CN(Cc1cnccn1)C(=O)c1cn(Cc2cccc3ccccc23)nn1. The van der Waals surface area contributed by atoms with Gasteiger partial charge < -0.3 is 4.90 Å². The Hall–Kier alpha value is -3.61. The van der Waals surface area contributed by atoms with Crippen LogP contribution < -0.4 is 0 Å². The number of aromatic nitrogens is 5. The summed E-state index contributed by atoms with van der Waals surface area (Å²) in [6.07, 6.45) is 6.52. The Morgan fingerprint density at radius 1 is 1.11 bits per heavy atom. The molecule has 0 radical (unpaired) electrons. The Balaban J connectivity index is 1.50. The number of rotatable bonds is 5. The zero-order valence-electron chi connectivity index (χ0n) is 14.9. The van der Waals surface area contributed by atoms with E-state index in [1.807, 2.05) is 18.2 Å². The van der Waals surface area contributed by atoms with Gasteiger partial charge >= 0.3 is 0 Å². The molecule has 2 heterocycles. The Kier molecular flexibility index (Phi) is 4.57. The average molecular weight is 358 g/mol. The molecule has 7 nitrogen and oxygen atoms in total. The topological polar surface area (TPSA) is 76.8 Å². The summed E-state index contributed by atoms with van der Waals surface area (Å²) in [6.45, 7) is 0.915. The first-order chi connectivity index (χ1) is 13.2. The first-order valence-electron chi connectivity index (χ1n) is 8.58. The third kappa shape index (κ3) is 3.67. The predicted molar refractivity (Wildman–Crippen MR) is 101 cm³/mol. The van der Waals surface area contributed by atoms with Crippen LogP contribution in [-0.2, 0) is 13.1 Å². The molecule has 4 aromatic rings. The molecular formula is C20H18N6O. The van der Waals surface area contributed by atoms with Crippen molar-refractivity contribution in [2.75, 3.05) is 7.05 Å². The fourth-order valence-corrected chi connectivity index (χ4v) is 3.00. The van der Waals surface area contributed by atoms with Gasteiger partial charge in [-0.15, -0.1) is 5.10 Å². The van der Waals surface area contributed by atoms with Crippen LogP contribution in [0, 0.1) is 0 Å². The molecule has 0 aliphatic rings. The largest absolute Gasteiger partial charge is 0.334 e. The Morgan fingerprint density at radius 3 is 2.81 bits per heavy atom. The van der Waals surface area contributed by atoms with Crippen LogP contribution in [-0.4, -0.2) is 42.8 Å². The molecule has 134 valence electrons. The maximum Gasteiger partial charge on any atom is 0.276 e. The highest BCUT2D eigenvalue weighted by Crippen LogP contribution is 2.19. The lowest BCUT2D eigenvalue weighted by molar-refractivity contribution is 0.0777. The highest BCUT2D eigenvalue weighted by atomic mass is 16.2. The standard InChI is InChI=1S/C20H18N6O/c1-25(13-17-11-21-9-10-22-17)20(27)19-14-26(24-23-19)12-16-7-4-6-15-5-2-3-8-18(15)16/h2-11,14H,12-13H2,1H3. The summed E-state index contributed by atoms with van der Waals surface area (Å²) >= 11 is 0. The molecule has 0 unspecified atom stereocenters. The quantitative estimate of drug-likeness (QED) is 0.548. The van der Waals surface area contributed by atoms with Gasteiger partial charge in [-0.3, -0.25) is 14.8 Å². The third-order valence-corrected chi connectivity index (χ3v) is 4.33. The molecular weight excluding hydrogens is 340 g/mol. The van der Waals surface area contributed by atoms with Crippen LogP contribution in [0.2, 0.25) is 0 Å². The molecule has 1 amide bonds. The van der Waals surface area contributed by atoms with E-state index in [0.717, 1.165) is 11.3 Å². The second kappa shape index (κ2) is 7.33. The number of nitrogens with zero attached hydrogens (tertiary/aromatic N) is 6. The summed E-state index contributed by atoms with van der Waals surface area (Å²) in [5, 5.41) is 10.5. The minimum atomic E-state index is -0.204. The Morgan fingerprint density at radius 2 is 1.96 bits per heavy atom. The molecule has 0 bridgehead atoms. The van der Waals surface area contributed by atoms with Crippen molar-refractivity contribution in [3.8, 4) is 0 Å². The normalized spacial score (nSPS) is 10.9. The van der Waals surface area contributed by atoms with E-state index in [9.17, 15) is 4.79 Å². The third-order valence-electron chi connectivity index (χ3n) is 4.33. The van der Waals surface area contributed by atoms with E-state index >= 15 is 0 Å². The fourth-order valence-electron chi connectivity index (χ4n) is 3.00. The van der Waals surface area contributed by atoms with Crippen LogP contribution in [0.1, 0.15) is 21.7 Å². The minimum Gasteiger partial charge on any atom is -0.334 e. The second-order valence-corrected chi connectivity index (χ2v) is 6.30. The average Bonchev–Trinajstić information content (AvgIpc) is 3.17. The lowest BCUT2D eigenvalue weighted by Crippen LogP contribution is -2.27. The van der Waals surface area contributed by atoms with Gasteiger partial charge in [0.15, 0.2) is 5.69 Å². The molecule has 2 aromatic carbocycles. The zero-order valence-corrected chi connectivity index (χ0v) is 14.9. The van der Waals surface area contributed by atoms with Gasteiger partial charge in [0.1, 0.15) is 0 Å². The lowest BCUT2D eigenvalue weighted by Gasteiger charge is -2.14. The first-order valence-corrected chi connectivity index (χ1v) is 8.58. The van der Waals surface area contributed by atoms with Gasteiger partial charge in [-0.1, -0.05) is 47.7 Å². The molecule has 7 heteroatoms. The molecule has 27 heavy (non-hydrogen) atoms. The van der Waals surface area contributed by atoms with Crippen molar-refractivity contribution in [3.05, 3.63) is 84.2 Å². The van der Waals surface area contributed by atoms with E-state index in [2.05, 4.69) is 44.5 Å². The summed E-state index contributed by atoms with van der Waals surface area (Å²) in [5.41, 5.74) is 2.16. The molecule has 4 rings (SSSR count). The number of fused-ring (bicyclic) bond motifs is 1. The van der Waals surface area contributed by atoms with E-state index in [0.29, 0.717) is 18.8 Å². The number of benzene rings is 2. The van der Waals surface area contributed by atoms with E-state index in [4.69, 9.17) is 0 Å². The Bertz CT molecular complexity index is 1070. The fraction of sp³-hybridized carbons (Fsp3) is 0.150. The van der Waals surface area contributed by atoms with Crippen molar-refractivity contribution < 1.29 is 4.79 Å². The molecule has 0 fully saturated rings. The van der Waals surface area contributed by atoms with Crippen molar-refractivity contribution in [2.45, 2.75) is 13.1 Å². The van der Waals surface area contributed by atoms with E-state index < -0.39 is 0 Å². The van der Waals surface area contributed by atoms with Crippen LogP contribution in [0.4, 0.5) is 0 Å². The van der Waals surface area contributed by atoms with Crippen molar-refractivity contribution >= 4 is 16.7 Å². The molecule has 0 atom stereocenters. The van der Waals surface area contributed by atoms with Crippen LogP contribution in [0.3, 0.4) is 0 Å². The van der Waals surface area contributed by atoms with Crippen molar-refractivity contribution in [2.24, 2.45) is 0 Å². The minimum absolute atomic E-state index is 0.204. The van der Waals surface area contributed by atoms with Gasteiger partial charge in [-0.05, 0) is 16.3 Å². The van der Waals surface area contributed by atoms with Gasteiger partial charge in [-0.25, -0.2) is 4.68 Å². The lowest BCUT2D eigenvalue weighted by atomic mass is 10.0. The second-order valence-electron chi connectivity index (χ2n) is 6.30. The molecule has 0 aliphatic carbocycles. The van der Waals surface area contributed by atoms with E-state index in [1.54, 1.807) is 41.4 Å². The monoisotopic (exact) mass is 358 g/mol.